The highest BCUT2D eigenvalue weighted by atomic mass is 32.2. The van der Waals surface area contributed by atoms with Crippen molar-refractivity contribution in [3.63, 3.8) is 0 Å². The molecule has 0 radical (unpaired) electrons. The number of nitrogens with zero attached hydrogens (tertiary/aromatic N) is 2. The fourth-order valence-corrected chi connectivity index (χ4v) is 4.41. The molecule has 0 saturated carbocycles. The monoisotopic (exact) mass is 394 g/mol. The second-order valence-electron chi connectivity index (χ2n) is 7.04. The van der Waals surface area contributed by atoms with Gasteiger partial charge in [0.25, 0.3) is 0 Å². The zero-order valence-corrected chi connectivity index (χ0v) is 16.7. The molecular weight excluding hydrogens is 372 g/mol. The van der Waals surface area contributed by atoms with Crippen molar-refractivity contribution in [1.82, 2.24) is 4.90 Å². The van der Waals surface area contributed by atoms with Gasteiger partial charge in [-0.3, -0.25) is 14.5 Å². The molecule has 1 fully saturated rings. The number of thioether (sulfide) groups is 1. The van der Waals surface area contributed by atoms with E-state index in [-0.39, 0.29) is 23.9 Å². The predicted molar refractivity (Wildman–Crippen MR) is 113 cm³/mol. The summed E-state index contributed by atoms with van der Waals surface area (Å²) in [5.74, 6) is 0.0467. The smallest absolute Gasteiger partial charge is 0.241 e. The standard InChI is InChI=1S/C22H22N2O3S/c1-15-11-23(12-16-14-27-19-9-5-3-7-17(19)22(16)26)13-21(25)24(15)18-8-4-6-10-20(18)28-2/h3-10,14-15H,11-13H2,1-2H3. The number of hydrogen-bond acceptors (Lipinski definition) is 5. The van der Waals surface area contributed by atoms with Crippen LogP contribution in [0.4, 0.5) is 5.69 Å². The van der Waals surface area contributed by atoms with E-state index >= 15 is 0 Å². The molecule has 0 N–H and O–H groups in total. The number of carbonyl (C=O) groups excluding carboxylic acids is 1. The Balaban J connectivity index is 1.56. The Hall–Kier alpha value is -2.57. The van der Waals surface area contributed by atoms with Crippen LogP contribution in [0.25, 0.3) is 11.0 Å². The van der Waals surface area contributed by atoms with Crippen LogP contribution < -0.4 is 10.3 Å². The zero-order valence-electron chi connectivity index (χ0n) is 15.9. The summed E-state index contributed by atoms with van der Waals surface area (Å²) < 4.78 is 5.61. The number of para-hydroxylation sites is 2. The highest BCUT2D eigenvalue weighted by Gasteiger charge is 2.32. The van der Waals surface area contributed by atoms with Crippen LogP contribution in [-0.2, 0) is 11.3 Å². The molecule has 2 heterocycles. The van der Waals surface area contributed by atoms with Crippen molar-refractivity contribution >= 4 is 34.3 Å². The molecule has 1 unspecified atom stereocenters. The average Bonchev–Trinajstić information content (AvgIpc) is 2.70. The second kappa shape index (κ2) is 7.81. The topological polar surface area (TPSA) is 53.8 Å². The molecule has 1 aliphatic rings. The fourth-order valence-electron chi connectivity index (χ4n) is 3.82. The lowest BCUT2D eigenvalue weighted by atomic mass is 10.1. The number of rotatable bonds is 4. The van der Waals surface area contributed by atoms with Gasteiger partial charge < -0.3 is 9.32 Å². The van der Waals surface area contributed by atoms with E-state index < -0.39 is 0 Å². The molecule has 1 aliphatic heterocycles. The van der Waals surface area contributed by atoms with Gasteiger partial charge in [-0.05, 0) is 37.4 Å². The van der Waals surface area contributed by atoms with Gasteiger partial charge in [0.1, 0.15) is 5.58 Å². The van der Waals surface area contributed by atoms with Gasteiger partial charge in [0.05, 0.1) is 23.9 Å². The average molecular weight is 394 g/mol. The molecule has 1 saturated heterocycles. The SMILES string of the molecule is CSc1ccccc1N1C(=O)CN(Cc2coc3ccccc3c2=O)CC1C. The van der Waals surface area contributed by atoms with Gasteiger partial charge >= 0.3 is 0 Å². The van der Waals surface area contributed by atoms with Crippen LogP contribution in [0.2, 0.25) is 0 Å². The van der Waals surface area contributed by atoms with Crippen LogP contribution in [0.15, 0.2) is 68.9 Å². The summed E-state index contributed by atoms with van der Waals surface area (Å²) in [7, 11) is 0. The first-order valence-electron chi connectivity index (χ1n) is 9.25. The van der Waals surface area contributed by atoms with Gasteiger partial charge in [0.15, 0.2) is 5.43 Å². The summed E-state index contributed by atoms with van der Waals surface area (Å²) in [6.07, 6.45) is 3.54. The number of amides is 1. The molecule has 1 aromatic heterocycles. The summed E-state index contributed by atoms with van der Waals surface area (Å²) in [4.78, 5) is 30.7. The molecule has 0 aliphatic carbocycles. The van der Waals surface area contributed by atoms with Gasteiger partial charge in [-0.2, -0.15) is 0 Å². The molecule has 1 amide bonds. The quantitative estimate of drug-likeness (QED) is 0.631. The zero-order chi connectivity index (χ0) is 19.7. The predicted octanol–water partition coefficient (Wildman–Crippen LogP) is 3.75. The third-order valence-corrected chi connectivity index (χ3v) is 5.87. The van der Waals surface area contributed by atoms with Crippen molar-refractivity contribution in [1.29, 1.82) is 0 Å². The van der Waals surface area contributed by atoms with Crippen LogP contribution in [0, 0.1) is 0 Å². The first-order valence-corrected chi connectivity index (χ1v) is 10.5. The Bertz CT molecular complexity index is 1080. The molecular formula is C22H22N2O3S. The van der Waals surface area contributed by atoms with E-state index in [2.05, 4.69) is 0 Å². The van der Waals surface area contributed by atoms with Crippen molar-refractivity contribution in [3.05, 3.63) is 70.6 Å². The van der Waals surface area contributed by atoms with Crippen molar-refractivity contribution in [2.24, 2.45) is 0 Å². The van der Waals surface area contributed by atoms with Crippen LogP contribution in [0.1, 0.15) is 12.5 Å². The van der Waals surface area contributed by atoms with Crippen LogP contribution in [-0.4, -0.2) is 36.2 Å². The van der Waals surface area contributed by atoms with Gasteiger partial charge in [-0.15, -0.1) is 11.8 Å². The lowest BCUT2D eigenvalue weighted by Crippen LogP contribution is -2.55. The summed E-state index contributed by atoms with van der Waals surface area (Å²) in [6.45, 7) is 3.42. The lowest BCUT2D eigenvalue weighted by Gasteiger charge is -2.40. The molecule has 3 aromatic rings. The van der Waals surface area contributed by atoms with E-state index in [1.807, 2.05) is 59.4 Å². The van der Waals surface area contributed by atoms with Crippen LogP contribution in [0.3, 0.4) is 0 Å². The third-order valence-electron chi connectivity index (χ3n) is 5.08. The summed E-state index contributed by atoms with van der Waals surface area (Å²) in [5, 5.41) is 0.576. The Morgan fingerprint density at radius 2 is 1.86 bits per heavy atom. The Labute approximate surface area is 167 Å². The minimum absolute atomic E-state index is 0.0158. The van der Waals surface area contributed by atoms with Gasteiger partial charge in [0, 0.05) is 29.6 Å². The van der Waals surface area contributed by atoms with Crippen molar-refractivity contribution in [2.45, 2.75) is 24.4 Å². The molecule has 2 aromatic carbocycles. The highest BCUT2D eigenvalue weighted by Crippen LogP contribution is 2.31. The van der Waals surface area contributed by atoms with Crippen molar-refractivity contribution < 1.29 is 9.21 Å². The van der Waals surface area contributed by atoms with E-state index in [0.29, 0.717) is 29.6 Å². The van der Waals surface area contributed by atoms with Gasteiger partial charge in [-0.1, -0.05) is 24.3 Å². The number of carbonyl (C=O) groups is 1. The van der Waals surface area contributed by atoms with Crippen molar-refractivity contribution in [2.75, 3.05) is 24.2 Å². The number of anilines is 1. The minimum atomic E-state index is -0.0305. The minimum Gasteiger partial charge on any atom is -0.464 e. The number of benzene rings is 2. The molecule has 5 nitrogen and oxygen atoms in total. The van der Waals surface area contributed by atoms with Crippen LogP contribution in [0.5, 0.6) is 0 Å². The summed E-state index contributed by atoms with van der Waals surface area (Å²) >= 11 is 1.64. The van der Waals surface area contributed by atoms with E-state index in [0.717, 1.165) is 10.6 Å². The first kappa shape index (κ1) is 18.8. The molecule has 4 rings (SSSR count). The third kappa shape index (κ3) is 3.45. The molecule has 1 atom stereocenters. The maximum Gasteiger partial charge on any atom is 0.241 e. The Morgan fingerprint density at radius 1 is 1.11 bits per heavy atom. The lowest BCUT2D eigenvalue weighted by molar-refractivity contribution is -0.122. The molecule has 28 heavy (non-hydrogen) atoms. The summed E-state index contributed by atoms with van der Waals surface area (Å²) in [6, 6.07) is 15.2. The largest absolute Gasteiger partial charge is 0.464 e. The first-order chi connectivity index (χ1) is 13.6. The number of hydrogen-bond donors (Lipinski definition) is 0. The van der Waals surface area contributed by atoms with Crippen molar-refractivity contribution in [3.8, 4) is 0 Å². The van der Waals surface area contributed by atoms with Crippen LogP contribution >= 0.6 is 11.8 Å². The molecule has 144 valence electrons. The van der Waals surface area contributed by atoms with E-state index in [1.165, 1.54) is 6.26 Å². The van der Waals surface area contributed by atoms with E-state index in [9.17, 15) is 9.59 Å². The van der Waals surface area contributed by atoms with Gasteiger partial charge in [0.2, 0.25) is 5.91 Å². The second-order valence-corrected chi connectivity index (χ2v) is 7.89. The Kier molecular flexibility index (Phi) is 5.24. The maximum atomic E-state index is 12.9. The summed E-state index contributed by atoms with van der Waals surface area (Å²) in [5.41, 5.74) is 2.09. The Morgan fingerprint density at radius 3 is 2.64 bits per heavy atom. The van der Waals surface area contributed by atoms with E-state index in [1.54, 1.807) is 23.9 Å². The highest BCUT2D eigenvalue weighted by molar-refractivity contribution is 7.98. The molecule has 6 heteroatoms. The molecule has 0 spiro atoms. The molecule has 0 bridgehead atoms. The van der Waals surface area contributed by atoms with Gasteiger partial charge in [-0.25, -0.2) is 0 Å². The normalized spacial score (nSPS) is 18.0. The van der Waals surface area contributed by atoms with E-state index in [4.69, 9.17) is 4.42 Å². The maximum absolute atomic E-state index is 12.9. The fraction of sp³-hybridized carbons (Fsp3) is 0.273. The number of fused-ring (bicyclic) bond motifs is 1. The number of piperazine rings is 1.